The highest BCUT2D eigenvalue weighted by Gasteiger charge is 2.35. The fourth-order valence-electron chi connectivity index (χ4n) is 8.69. The summed E-state index contributed by atoms with van der Waals surface area (Å²) >= 11 is 0. The molecule has 3 aliphatic heterocycles. The van der Waals surface area contributed by atoms with E-state index in [2.05, 4.69) is 77.5 Å². The van der Waals surface area contributed by atoms with Gasteiger partial charge < -0.3 is 9.97 Å². The molecule has 2 aromatic rings. The standard InChI is InChI=1S/C38H48N4/c1-19-23(5)35-27-11-9-12-28(15-27)37-25(7)21(3)33(41-37)18-34-22(4)26(8)38(42-34)30-14-10-13-29(16-30)36-24(6)20(2)32(40-36)17-31(19)39-35/h17-18,27-30,39,41H,9-16H2,1-8H3/b32-17-,34-18-. The second-order valence-corrected chi connectivity index (χ2v) is 14.1. The topological polar surface area (TPSA) is 56.3 Å². The summed E-state index contributed by atoms with van der Waals surface area (Å²) in [6.45, 7) is 18.4. The second kappa shape index (κ2) is 10.2. The van der Waals surface area contributed by atoms with E-state index in [9.17, 15) is 0 Å². The predicted octanol–water partition coefficient (Wildman–Crippen LogP) is 10.1. The zero-order valence-electron chi connectivity index (χ0n) is 27.0. The normalized spacial score (nSPS) is 30.1. The maximum absolute atomic E-state index is 5.37. The van der Waals surface area contributed by atoms with Crippen molar-refractivity contribution in [3.8, 4) is 0 Å². The summed E-state index contributed by atoms with van der Waals surface area (Å²) in [6.07, 6.45) is 14.5. The van der Waals surface area contributed by atoms with E-state index in [1.807, 2.05) is 0 Å². The molecule has 4 unspecified atom stereocenters. The molecule has 7 rings (SSSR count). The quantitative estimate of drug-likeness (QED) is 0.322. The van der Waals surface area contributed by atoms with Crippen molar-refractivity contribution in [3.05, 3.63) is 78.7 Å². The van der Waals surface area contributed by atoms with Gasteiger partial charge in [-0.2, -0.15) is 0 Å². The number of allylic oxidation sites excluding steroid dienone is 4. The Hall–Kier alpha value is -3.14. The molecule has 0 radical (unpaired) electrons. The SMILES string of the molecule is CC1=C(C)/C2=C/c3[nH]c(c(C)c3C)C3CCCC(C3)c3[nH]c(c(C)c3C)/C=C3\N=C(C(C)=C3C)C3CCCC(C3)C1=N2. The fourth-order valence-corrected chi connectivity index (χ4v) is 8.69. The van der Waals surface area contributed by atoms with E-state index >= 15 is 0 Å². The van der Waals surface area contributed by atoms with Crippen molar-refractivity contribution in [2.24, 2.45) is 21.8 Å². The molecule has 5 aliphatic rings. The molecule has 0 aromatic carbocycles. The van der Waals surface area contributed by atoms with Crippen LogP contribution in [0.2, 0.25) is 0 Å². The summed E-state index contributed by atoms with van der Waals surface area (Å²) in [7, 11) is 0. The summed E-state index contributed by atoms with van der Waals surface area (Å²) in [5.41, 5.74) is 21.4. The molecule has 0 spiro atoms. The number of hydrogen-bond donors (Lipinski definition) is 2. The van der Waals surface area contributed by atoms with Crippen molar-refractivity contribution in [3.63, 3.8) is 0 Å². The van der Waals surface area contributed by atoms with Crippen LogP contribution in [0.15, 0.2) is 43.7 Å². The minimum atomic E-state index is 0.496. The number of fused-ring (bicyclic) bond motifs is 14. The number of aromatic amines is 2. The van der Waals surface area contributed by atoms with Crippen LogP contribution in [0.1, 0.15) is 136 Å². The van der Waals surface area contributed by atoms with Crippen LogP contribution in [0, 0.1) is 39.5 Å². The Morgan fingerprint density at radius 2 is 0.881 bits per heavy atom. The molecular formula is C38H48N4. The first kappa shape index (κ1) is 27.7. The van der Waals surface area contributed by atoms with E-state index < -0.39 is 0 Å². The van der Waals surface area contributed by atoms with E-state index in [0.29, 0.717) is 23.7 Å². The minimum Gasteiger partial charge on any atom is -0.358 e. The Balaban J connectivity index is 1.39. The molecular weight excluding hydrogens is 512 g/mol. The van der Waals surface area contributed by atoms with Crippen molar-refractivity contribution in [1.29, 1.82) is 0 Å². The van der Waals surface area contributed by atoms with Crippen LogP contribution in [0.4, 0.5) is 0 Å². The van der Waals surface area contributed by atoms with Gasteiger partial charge in [0.05, 0.1) is 11.4 Å². The van der Waals surface area contributed by atoms with Gasteiger partial charge in [-0.25, -0.2) is 0 Å². The number of rotatable bonds is 0. The molecule has 2 aromatic heterocycles. The monoisotopic (exact) mass is 560 g/mol. The van der Waals surface area contributed by atoms with Gasteiger partial charge in [0.25, 0.3) is 0 Å². The third kappa shape index (κ3) is 4.31. The largest absolute Gasteiger partial charge is 0.358 e. The van der Waals surface area contributed by atoms with E-state index in [4.69, 9.17) is 9.98 Å². The molecule has 12 bridgehead atoms. The molecule has 5 heterocycles. The fraction of sp³-hybridized carbons (Fsp3) is 0.526. The lowest BCUT2D eigenvalue weighted by Crippen LogP contribution is -2.27. The molecule has 4 atom stereocenters. The lowest BCUT2D eigenvalue weighted by atomic mass is 9.74. The van der Waals surface area contributed by atoms with E-state index in [1.54, 1.807) is 0 Å². The number of nitrogens with one attached hydrogen (secondary N) is 2. The average molecular weight is 561 g/mol. The van der Waals surface area contributed by atoms with Gasteiger partial charge in [-0.3, -0.25) is 9.98 Å². The van der Waals surface area contributed by atoms with Crippen LogP contribution in [-0.4, -0.2) is 21.4 Å². The van der Waals surface area contributed by atoms with Gasteiger partial charge in [-0.05, 0) is 162 Å². The van der Waals surface area contributed by atoms with Gasteiger partial charge in [-0.15, -0.1) is 0 Å². The molecule has 2 aliphatic carbocycles. The molecule has 2 N–H and O–H groups in total. The Morgan fingerprint density at radius 1 is 0.500 bits per heavy atom. The molecule has 220 valence electrons. The van der Waals surface area contributed by atoms with Crippen LogP contribution in [0.5, 0.6) is 0 Å². The summed E-state index contributed by atoms with van der Waals surface area (Å²) in [4.78, 5) is 18.6. The molecule has 2 fully saturated rings. The van der Waals surface area contributed by atoms with Crippen LogP contribution < -0.4 is 0 Å². The van der Waals surface area contributed by atoms with E-state index in [0.717, 1.165) is 17.8 Å². The highest BCUT2D eigenvalue weighted by molar-refractivity contribution is 6.09. The zero-order valence-corrected chi connectivity index (χ0v) is 27.0. The third-order valence-corrected chi connectivity index (χ3v) is 11.9. The van der Waals surface area contributed by atoms with Crippen LogP contribution >= 0.6 is 0 Å². The molecule has 4 heteroatoms. The summed E-state index contributed by atoms with van der Waals surface area (Å²) in [5.74, 6) is 2.10. The van der Waals surface area contributed by atoms with Gasteiger partial charge in [0.15, 0.2) is 0 Å². The first-order chi connectivity index (χ1) is 20.1. The number of aliphatic imine (C=N–C) groups is 2. The van der Waals surface area contributed by atoms with Gasteiger partial charge in [0.1, 0.15) is 0 Å². The zero-order chi connectivity index (χ0) is 29.4. The molecule has 42 heavy (non-hydrogen) atoms. The maximum atomic E-state index is 5.37. The lowest BCUT2D eigenvalue weighted by Gasteiger charge is -2.30. The number of nitrogens with zero attached hydrogens (tertiary/aromatic N) is 2. The third-order valence-electron chi connectivity index (χ3n) is 11.9. The first-order valence-corrected chi connectivity index (χ1v) is 16.5. The van der Waals surface area contributed by atoms with Gasteiger partial charge in [0, 0.05) is 46.0 Å². The van der Waals surface area contributed by atoms with Crippen LogP contribution in [0.3, 0.4) is 0 Å². The summed E-state index contributed by atoms with van der Waals surface area (Å²) in [6, 6.07) is 0. The highest BCUT2D eigenvalue weighted by atomic mass is 14.8. The van der Waals surface area contributed by atoms with Crippen LogP contribution in [-0.2, 0) is 0 Å². The Morgan fingerprint density at radius 3 is 1.31 bits per heavy atom. The average Bonchev–Trinajstić information content (AvgIpc) is 3.64. The lowest BCUT2D eigenvalue weighted by molar-refractivity contribution is 0.383. The number of H-pyrrole nitrogens is 2. The maximum Gasteiger partial charge on any atom is 0.0686 e. The smallest absolute Gasteiger partial charge is 0.0686 e. The number of hydrogen-bond acceptors (Lipinski definition) is 2. The number of aromatic nitrogens is 2. The van der Waals surface area contributed by atoms with Gasteiger partial charge >= 0.3 is 0 Å². The second-order valence-electron chi connectivity index (χ2n) is 14.1. The van der Waals surface area contributed by atoms with Crippen LogP contribution in [0.25, 0.3) is 12.2 Å². The Labute approximate surface area is 252 Å². The first-order valence-electron chi connectivity index (χ1n) is 16.5. The summed E-state index contributed by atoms with van der Waals surface area (Å²) < 4.78 is 0. The van der Waals surface area contributed by atoms with Crippen molar-refractivity contribution in [2.45, 2.75) is 119 Å². The van der Waals surface area contributed by atoms with Crippen molar-refractivity contribution >= 4 is 23.6 Å². The van der Waals surface area contributed by atoms with E-state index in [1.165, 1.54) is 124 Å². The van der Waals surface area contributed by atoms with Gasteiger partial charge in [-0.1, -0.05) is 12.8 Å². The van der Waals surface area contributed by atoms with Crippen molar-refractivity contribution in [2.75, 3.05) is 0 Å². The van der Waals surface area contributed by atoms with E-state index in [-0.39, 0.29) is 0 Å². The Kier molecular flexibility index (Phi) is 6.75. The molecule has 4 nitrogen and oxygen atoms in total. The minimum absolute atomic E-state index is 0.496. The van der Waals surface area contributed by atoms with Gasteiger partial charge in [0.2, 0.25) is 0 Å². The van der Waals surface area contributed by atoms with Crippen molar-refractivity contribution in [1.82, 2.24) is 9.97 Å². The Bertz CT molecular complexity index is 1550. The molecule has 0 saturated heterocycles. The predicted molar refractivity (Wildman–Crippen MR) is 178 cm³/mol. The molecule has 2 saturated carbocycles. The summed E-state index contributed by atoms with van der Waals surface area (Å²) in [5, 5.41) is 0. The molecule has 0 amide bonds. The van der Waals surface area contributed by atoms with Crippen molar-refractivity contribution < 1.29 is 0 Å². The highest BCUT2D eigenvalue weighted by Crippen LogP contribution is 2.45.